The number of carbonyl (C=O) groups excluding carboxylic acids is 2. The molecule has 2 amide bonds. The Balaban J connectivity index is 2.64. The van der Waals surface area contributed by atoms with E-state index in [1.807, 2.05) is 6.26 Å². The Bertz CT molecular complexity index is 210. The van der Waals surface area contributed by atoms with Crippen LogP contribution in [-0.2, 0) is 9.59 Å². The van der Waals surface area contributed by atoms with Crippen molar-refractivity contribution in [3.63, 3.8) is 0 Å². The highest BCUT2D eigenvalue weighted by Gasteiger charge is 2.36. The molecule has 1 aliphatic rings. The van der Waals surface area contributed by atoms with Crippen molar-refractivity contribution in [2.75, 3.05) is 12.8 Å². The first-order valence-electron chi connectivity index (χ1n) is 4.07. The van der Waals surface area contributed by atoms with E-state index >= 15 is 0 Å². The first kappa shape index (κ1) is 7.16. The number of carbonyl (C=O) groups is 2. The molecule has 11 heavy (non-hydrogen) atoms. The van der Waals surface area contributed by atoms with Crippen LogP contribution in [0, 0.1) is 0 Å². The van der Waals surface area contributed by atoms with E-state index < -0.39 is 0 Å². The van der Waals surface area contributed by atoms with E-state index in [-0.39, 0.29) is 30.5 Å². The Morgan fingerprint density at radius 2 is 2.55 bits per heavy atom. The number of thioether (sulfide) groups is 1. The molecule has 0 bridgehead atoms. The second-order valence-corrected chi connectivity index (χ2v) is 3.35. The van der Waals surface area contributed by atoms with Crippen molar-refractivity contribution in [3.8, 4) is 0 Å². The molecule has 0 saturated carbocycles. The number of imide groups is 1. The van der Waals surface area contributed by atoms with E-state index in [2.05, 4.69) is 0 Å². The fourth-order valence-corrected chi connectivity index (χ4v) is 1.71. The number of hydrogen-bond donors (Lipinski definition) is 0. The number of rotatable bonds is 2. The van der Waals surface area contributed by atoms with Gasteiger partial charge >= 0.3 is 0 Å². The molecular formula is C7H11NO2S. The maximum atomic E-state index is 11.3. The lowest BCUT2D eigenvalue weighted by Crippen LogP contribution is -2.30. The zero-order valence-electron chi connectivity index (χ0n) is 7.37. The van der Waals surface area contributed by atoms with Gasteiger partial charge in [0.2, 0.25) is 11.8 Å². The zero-order valence-corrected chi connectivity index (χ0v) is 7.19. The Kier molecular flexibility index (Phi) is 2.12. The van der Waals surface area contributed by atoms with Crippen LogP contribution >= 0.6 is 11.8 Å². The lowest BCUT2D eigenvalue weighted by molar-refractivity contribution is -0.137. The average molecular weight is 174 g/mol. The molecule has 0 aromatic rings. The van der Waals surface area contributed by atoms with E-state index in [1.165, 1.54) is 16.7 Å². The fourth-order valence-electron chi connectivity index (χ4n) is 1.07. The maximum absolute atomic E-state index is 11.3. The average Bonchev–Trinajstić information content (AvgIpc) is 2.32. The minimum Gasteiger partial charge on any atom is -0.282 e. The highest BCUT2D eigenvalue weighted by atomic mass is 32.2. The van der Waals surface area contributed by atoms with Crippen LogP contribution < -0.4 is 0 Å². The molecule has 0 radical (unpaired) electrons. The second-order valence-electron chi connectivity index (χ2n) is 2.31. The molecular weight excluding hydrogens is 162 g/mol. The van der Waals surface area contributed by atoms with Gasteiger partial charge in [0.05, 0.1) is 5.25 Å². The molecule has 0 aromatic carbocycles. The number of hydrogen-bond acceptors (Lipinski definition) is 3. The van der Waals surface area contributed by atoms with Crippen LogP contribution in [0.25, 0.3) is 0 Å². The van der Waals surface area contributed by atoms with Crippen molar-refractivity contribution in [2.24, 2.45) is 0 Å². The quantitative estimate of drug-likeness (QED) is 0.572. The predicted molar refractivity (Wildman–Crippen MR) is 44.3 cm³/mol. The van der Waals surface area contributed by atoms with Crippen LogP contribution in [0.4, 0.5) is 0 Å². The molecule has 0 spiro atoms. The molecule has 0 N–H and O–H groups in total. The molecule has 3 nitrogen and oxygen atoms in total. The van der Waals surface area contributed by atoms with Gasteiger partial charge in [-0.15, -0.1) is 0 Å². The lowest BCUT2D eigenvalue weighted by atomic mass is 10.4. The smallest absolute Gasteiger partial charge is 0.242 e. The fraction of sp³-hybridized carbons (Fsp3) is 0.714. The van der Waals surface area contributed by atoms with Crippen molar-refractivity contribution in [1.29, 1.82) is 0 Å². The molecule has 1 unspecified atom stereocenters. The molecule has 1 heterocycles. The summed E-state index contributed by atoms with van der Waals surface area (Å²) in [6, 6.07) is 0. The van der Waals surface area contributed by atoms with Gasteiger partial charge in [-0.05, 0) is 13.2 Å². The third-order valence-corrected chi connectivity index (χ3v) is 2.65. The summed E-state index contributed by atoms with van der Waals surface area (Å²) >= 11 is 1.40. The summed E-state index contributed by atoms with van der Waals surface area (Å²) in [4.78, 5) is 23.7. The van der Waals surface area contributed by atoms with Gasteiger partial charge in [0.15, 0.2) is 0 Å². The highest BCUT2D eigenvalue weighted by Crippen LogP contribution is 2.22. The Morgan fingerprint density at radius 3 is 3.00 bits per heavy atom. The molecule has 4 heteroatoms. The van der Waals surface area contributed by atoms with E-state index in [9.17, 15) is 9.59 Å². The monoisotopic (exact) mass is 174 g/mol. The molecule has 0 aromatic heterocycles. The zero-order chi connectivity index (χ0) is 9.14. The van der Waals surface area contributed by atoms with Gasteiger partial charge < -0.3 is 0 Å². The third kappa shape index (κ3) is 1.40. The largest absolute Gasteiger partial charge is 0.282 e. The maximum Gasteiger partial charge on any atom is 0.242 e. The molecule has 1 rings (SSSR count). The van der Waals surface area contributed by atoms with Crippen molar-refractivity contribution >= 4 is 23.6 Å². The summed E-state index contributed by atoms with van der Waals surface area (Å²) in [6.45, 7) is 0.341. The first-order chi connectivity index (χ1) is 5.70. The van der Waals surface area contributed by atoms with Crippen molar-refractivity contribution in [3.05, 3.63) is 0 Å². The van der Waals surface area contributed by atoms with Gasteiger partial charge in [0.25, 0.3) is 0 Å². The van der Waals surface area contributed by atoms with Gasteiger partial charge in [-0.2, -0.15) is 11.8 Å². The predicted octanol–water partition coefficient (Wildman–Crippen LogP) is 0.497. The Labute approximate surface area is 71.5 Å². The summed E-state index contributed by atoms with van der Waals surface area (Å²) in [5, 5.41) is -0.205. The lowest BCUT2D eigenvalue weighted by Gasteiger charge is -2.09. The van der Waals surface area contributed by atoms with Gasteiger partial charge in [-0.1, -0.05) is 0 Å². The van der Waals surface area contributed by atoms with Crippen molar-refractivity contribution < 1.29 is 11.0 Å². The van der Waals surface area contributed by atoms with Crippen LogP contribution in [-0.4, -0.2) is 34.8 Å². The minimum atomic E-state index is -0.205. The molecule has 62 valence electrons. The highest BCUT2D eigenvalue weighted by molar-refractivity contribution is 8.00. The standard InChI is InChI=1S/C7H11NO2S/c1-3-8-6(9)4-5(11-2)7(8)10/h5H,3-4H2,1-2H3/i1D. The summed E-state index contributed by atoms with van der Waals surface area (Å²) in [7, 11) is 0. The van der Waals surface area contributed by atoms with Crippen LogP contribution in [0.15, 0.2) is 0 Å². The van der Waals surface area contributed by atoms with E-state index in [0.717, 1.165) is 0 Å². The number of likely N-dealkylation sites (tertiary alicyclic amines) is 1. The molecule has 1 aliphatic heterocycles. The van der Waals surface area contributed by atoms with Crippen molar-refractivity contribution in [2.45, 2.75) is 18.6 Å². The molecule has 1 saturated heterocycles. The summed E-state index contributed by atoms with van der Waals surface area (Å²) in [5.41, 5.74) is 0. The molecule has 1 atom stereocenters. The summed E-state index contributed by atoms with van der Waals surface area (Å²) in [5.74, 6) is -0.258. The van der Waals surface area contributed by atoms with Crippen LogP contribution in [0.5, 0.6) is 0 Å². The SMILES string of the molecule is [2H]CCN1C(=O)CC(SC)C1=O. The van der Waals surface area contributed by atoms with Gasteiger partial charge in [-0.25, -0.2) is 0 Å². The van der Waals surface area contributed by atoms with E-state index in [0.29, 0.717) is 6.42 Å². The summed E-state index contributed by atoms with van der Waals surface area (Å²) in [6.07, 6.45) is 2.13. The Hall–Kier alpha value is -0.510. The van der Waals surface area contributed by atoms with Crippen LogP contribution in [0.1, 0.15) is 14.7 Å². The minimum absolute atomic E-state index is 0.0958. The van der Waals surface area contributed by atoms with Crippen LogP contribution in [0.3, 0.4) is 0 Å². The van der Waals surface area contributed by atoms with E-state index in [1.54, 1.807) is 0 Å². The van der Waals surface area contributed by atoms with E-state index in [4.69, 9.17) is 1.37 Å². The second kappa shape index (κ2) is 3.26. The molecule has 0 aliphatic carbocycles. The van der Waals surface area contributed by atoms with Crippen molar-refractivity contribution in [1.82, 2.24) is 4.90 Å². The molecule has 1 fully saturated rings. The third-order valence-electron chi connectivity index (χ3n) is 1.71. The first-order valence-corrected chi connectivity index (χ1v) is 4.65. The number of nitrogens with zero attached hydrogens (tertiary/aromatic N) is 1. The van der Waals surface area contributed by atoms with Gasteiger partial charge in [0.1, 0.15) is 0 Å². The normalized spacial score (nSPS) is 26.1. The topological polar surface area (TPSA) is 37.4 Å². The Morgan fingerprint density at radius 1 is 1.82 bits per heavy atom. The van der Waals surface area contributed by atoms with Gasteiger partial charge in [-0.3, -0.25) is 14.5 Å². The number of amides is 2. The van der Waals surface area contributed by atoms with Crippen LogP contribution in [0.2, 0.25) is 0 Å². The summed E-state index contributed by atoms with van der Waals surface area (Å²) < 4.78 is 6.92. The van der Waals surface area contributed by atoms with Gasteiger partial charge in [0, 0.05) is 14.3 Å².